The number of rotatable bonds is 0. The average Bonchev–Trinajstić information content (AvgIpc) is 0. The van der Waals surface area contributed by atoms with Crippen molar-refractivity contribution in [2.45, 2.75) is 0 Å². The van der Waals surface area contributed by atoms with E-state index in [0.29, 0.717) is 0 Å². The maximum Gasteiger partial charge on any atom is 1.00 e. The van der Waals surface area contributed by atoms with Crippen LogP contribution < -0.4 is 2830 Å². The molecule has 110 valence electrons. The van der Waals surface area contributed by atoms with Crippen molar-refractivity contribution in [3.05, 3.63) is 0 Å². The predicted molar refractivity (Wildman–Crippen MR) is 61.2 cm³/mol. The monoisotopic (exact) mass is 2200 g/mol. The molecule has 0 N–H and O–H groups in total. The first-order valence-corrected chi connectivity index (χ1v) is 0. The van der Waals surface area contributed by atoms with Crippen LogP contribution in [0.4, 0.5) is 0 Å². The van der Waals surface area contributed by atoms with Gasteiger partial charge in [0.1, 0.15) is 0 Å². The van der Waals surface area contributed by atoms with E-state index < -0.39 is 0 Å². The Morgan fingerprint density at radius 2 is 0.0364 bits per heavy atom. The van der Waals surface area contributed by atoms with E-state index in [0.717, 1.165) is 0 Å². The summed E-state index contributed by atoms with van der Waals surface area (Å²) >= 11 is 0. The Balaban J connectivity index is 0. The van der Waals surface area contributed by atoms with Crippen molar-refractivity contribution in [2.24, 2.45) is 0 Å². The molecule has 0 aromatic carbocycles. The third kappa shape index (κ3) is 358. The van der Waals surface area contributed by atoms with Gasteiger partial charge in [0.15, 0.2) is 0 Å². The Kier molecular flexibility index (Phi) is 2450. The van der Waals surface area contributed by atoms with Crippen molar-refractivity contribution in [1.82, 2.24) is 0 Å². The molecular formula is H55K55. The van der Waals surface area contributed by atoms with Crippen LogP contribution >= 0.6 is 0 Å². The molecule has 0 saturated carbocycles. The van der Waals surface area contributed by atoms with E-state index in [2.05, 4.69) is 0 Å². The van der Waals surface area contributed by atoms with E-state index in [1.165, 1.54) is 0 Å². The smallest absolute Gasteiger partial charge is 1.00 e. The van der Waals surface area contributed by atoms with E-state index in [1.807, 2.05) is 0 Å². The molecule has 0 radical (unpaired) electrons. The van der Waals surface area contributed by atoms with E-state index in [9.17, 15) is 0 Å². The molecule has 0 unspecified atom stereocenters. The summed E-state index contributed by atoms with van der Waals surface area (Å²) in [5.74, 6) is 0. The van der Waals surface area contributed by atoms with E-state index >= 15 is 0 Å². The van der Waals surface area contributed by atoms with Crippen molar-refractivity contribution in [1.29, 1.82) is 0 Å². The minimum Gasteiger partial charge on any atom is -1.00 e. The molecule has 0 bridgehead atoms. The molecule has 55 heteroatoms. The van der Waals surface area contributed by atoms with Gasteiger partial charge < -0.3 is 78.5 Å². The summed E-state index contributed by atoms with van der Waals surface area (Å²) in [7, 11) is 0. The van der Waals surface area contributed by atoms with Crippen LogP contribution in [0.1, 0.15) is 78.5 Å². The van der Waals surface area contributed by atoms with Crippen molar-refractivity contribution < 1.29 is 2900 Å². The first kappa shape index (κ1) is 371. The Bertz CT molecular complexity index is 110. The maximum absolute atomic E-state index is 0. The molecule has 0 spiro atoms. The van der Waals surface area contributed by atoms with Gasteiger partial charge in [-0.15, -0.1) is 0 Å². The van der Waals surface area contributed by atoms with Crippen LogP contribution in [-0.2, 0) is 0 Å². The van der Waals surface area contributed by atoms with Gasteiger partial charge in [-0.2, -0.15) is 0 Å². The molecule has 0 atom stereocenters. The normalized spacial score (nSPS) is 0. The number of hydrogen-bond acceptors (Lipinski definition) is 0. The van der Waals surface area contributed by atoms with Crippen molar-refractivity contribution in [3.63, 3.8) is 0 Å². The van der Waals surface area contributed by atoms with Crippen molar-refractivity contribution >= 4 is 0 Å². The van der Waals surface area contributed by atoms with Gasteiger partial charge >= 0.3 is 2830 Å². The molecule has 0 aliphatic rings. The Labute approximate surface area is 2770 Å². The zero-order chi connectivity index (χ0) is 0. The molecule has 0 rings (SSSR count). The molecule has 55 heavy (non-hydrogen) atoms. The van der Waals surface area contributed by atoms with Crippen molar-refractivity contribution in [2.75, 3.05) is 0 Å². The summed E-state index contributed by atoms with van der Waals surface area (Å²) in [4.78, 5) is 0. The van der Waals surface area contributed by atoms with Crippen LogP contribution in [0.3, 0.4) is 0 Å². The summed E-state index contributed by atoms with van der Waals surface area (Å²) in [6.45, 7) is 0. The van der Waals surface area contributed by atoms with Gasteiger partial charge in [0.25, 0.3) is 0 Å². The molecule has 0 amide bonds. The first-order valence-electron chi connectivity index (χ1n) is 0. The fourth-order valence-electron chi connectivity index (χ4n) is 0. The van der Waals surface area contributed by atoms with Gasteiger partial charge in [0.05, 0.1) is 0 Å². The average molecular weight is 2210 g/mol. The van der Waals surface area contributed by atoms with Crippen molar-refractivity contribution in [3.8, 4) is 0 Å². The van der Waals surface area contributed by atoms with Gasteiger partial charge in [-0.25, -0.2) is 0 Å². The second kappa shape index (κ2) is 364. The maximum atomic E-state index is 0. The molecule has 0 aromatic rings. The fourth-order valence-corrected chi connectivity index (χ4v) is 0. The molecule has 0 aliphatic carbocycles. The molecule has 0 aliphatic heterocycles. The summed E-state index contributed by atoms with van der Waals surface area (Å²) in [6, 6.07) is 0. The predicted octanol–water partition coefficient (Wildman–Crippen LogP) is -159. The molecule has 0 heterocycles. The van der Waals surface area contributed by atoms with Crippen LogP contribution in [0, 0.1) is 0 Å². The van der Waals surface area contributed by atoms with Gasteiger partial charge in [0.2, 0.25) is 0 Å². The minimum absolute atomic E-state index is 0. The standard InChI is InChI=1S/55K.55H/q55*+1;55*-1. The molecular weight excluding hydrogens is 2150 g/mol. The van der Waals surface area contributed by atoms with Gasteiger partial charge in [-0.3, -0.25) is 0 Å². The zero-order valence-electron chi connectivity index (χ0n) is 110. The van der Waals surface area contributed by atoms with Crippen LogP contribution in [0.15, 0.2) is 0 Å². The summed E-state index contributed by atoms with van der Waals surface area (Å²) in [5, 5.41) is 0. The largest absolute Gasteiger partial charge is 1.00 e. The van der Waals surface area contributed by atoms with E-state index in [-0.39, 0.29) is 2900 Å². The minimum atomic E-state index is 0. The molecule has 0 nitrogen and oxygen atoms in total. The number of hydrogen-bond donors (Lipinski definition) is 0. The molecule has 0 fully saturated rings. The fraction of sp³-hybridized carbons (Fsp3) is 0. The van der Waals surface area contributed by atoms with E-state index in [1.54, 1.807) is 0 Å². The topological polar surface area (TPSA) is 0 Å². The van der Waals surface area contributed by atoms with Gasteiger partial charge in [-0.05, 0) is 0 Å². The Hall–Kier alpha value is 90.0. The summed E-state index contributed by atoms with van der Waals surface area (Å²) in [6.07, 6.45) is 0. The Morgan fingerprint density at radius 3 is 0.0364 bits per heavy atom. The van der Waals surface area contributed by atoms with Crippen LogP contribution in [-0.4, -0.2) is 0 Å². The summed E-state index contributed by atoms with van der Waals surface area (Å²) in [5.41, 5.74) is 0. The third-order valence-corrected chi connectivity index (χ3v) is 0. The quantitative estimate of drug-likeness (QED) is 0.212. The van der Waals surface area contributed by atoms with Gasteiger partial charge in [0, 0.05) is 0 Å². The Morgan fingerprint density at radius 1 is 0.0364 bits per heavy atom. The van der Waals surface area contributed by atoms with Gasteiger partial charge in [-0.1, -0.05) is 0 Å². The summed E-state index contributed by atoms with van der Waals surface area (Å²) < 4.78 is 0. The second-order valence-corrected chi connectivity index (χ2v) is 0. The molecule has 0 saturated heterocycles. The van der Waals surface area contributed by atoms with E-state index in [4.69, 9.17) is 0 Å². The zero-order valence-corrected chi connectivity index (χ0v) is 227. The SMILES string of the molecule is [H-].[H-].[H-].[H-].[H-].[H-].[H-].[H-].[H-].[H-].[H-].[H-].[H-].[H-].[H-].[H-].[H-].[H-].[H-].[H-].[H-].[H-].[H-].[H-].[H-].[H-].[H-].[H-].[H-].[H-].[H-].[H-].[H-].[H-].[H-].[H-].[H-].[H-].[H-].[H-].[H-].[H-].[H-].[H-].[H-].[H-].[H-].[H-].[H-].[H-].[H-].[H-].[H-].[H-].[H-].[K+].[K+].[K+].[K+].[K+].[K+].[K+].[K+].[K+].[K+].[K+].[K+].[K+].[K+].[K+].[K+].[K+].[K+].[K+].[K+].[K+].[K+].[K+].[K+].[K+].[K+].[K+].[K+].[K+].[K+].[K+].[K+].[K+].[K+].[K+].[K+].[K+].[K+].[K+].[K+].[K+].[K+].[K+].[K+].[K+].[K+].[K+].[K+].[K+].[K+].[K+].[K+].[K+].[K+].[K+]. The second-order valence-electron chi connectivity index (χ2n) is 0. The van der Waals surface area contributed by atoms with Crippen LogP contribution in [0.2, 0.25) is 0 Å². The first-order chi connectivity index (χ1) is 0. The van der Waals surface area contributed by atoms with Crippen LogP contribution in [0.5, 0.6) is 0 Å². The third-order valence-electron chi connectivity index (χ3n) is 0. The van der Waals surface area contributed by atoms with Crippen LogP contribution in [0.25, 0.3) is 0 Å². The molecule has 0 aromatic heterocycles.